The summed E-state index contributed by atoms with van der Waals surface area (Å²) in [5.41, 5.74) is -6.62. The van der Waals surface area contributed by atoms with Crippen molar-refractivity contribution in [3.8, 4) is 30.3 Å². The molecule has 14 heteroatoms. The normalized spacial score (nSPS) is 10.8. The number of nitrogens with zero attached hydrogens (tertiary/aromatic N) is 11. The van der Waals surface area contributed by atoms with Crippen LogP contribution in [0.2, 0.25) is 0 Å². The molecule has 0 unspecified atom stereocenters. The second-order valence-corrected chi connectivity index (χ2v) is 5.91. The summed E-state index contributed by atoms with van der Waals surface area (Å²) in [5, 5.41) is 46.2. The Kier molecular flexibility index (Phi) is 4.19. The summed E-state index contributed by atoms with van der Waals surface area (Å²) in [5.74, 6) is 0. The van der Waals surface area contributed by atoms with Gasteiger partial charge < -0.3 is 0 Å². The van der Waals surface area contributed by atoms with Crippen molar-refractivity contribution >= 4 is 33.1 Å². The number of aromatic nitrogens is 6. The summed E-state index contributed by atoms with van der Waals surface area (Å²) in [6.07, 6.45) is -5.06. The van der Waals surface area contributed by atoms with E-state index in [1.807, 2.05) is 0 Å². The van der Waals surface area contributed by atoms with Crippen molar-refractivity contribution in [2.75, 3.05) is 0 Å². The summed E-state index contributed by atoms with van der Waals surface area (Å²) in [6.45, 7) is 0. The van der Waals surface area contributed by atoms with Crippen molar-refractivity contribution in [3.63, 3.8) is 0 Å². The first kappa shape index (κ1) is 19.8. The van der Waals surface area contributed by atoms with Crippen LogP contribution in [0.3, 0.4) is 0 Å². The first-order chi connectivity index (χ1) is 15.3. The van der Waals surface area contributed by atoms with Crippen molar-refractivity contribution in [2.45, 2.75) is 6.18 Å². The Morgan fingerprint density at radius 1 is 0.438 bits per heavy atom. The minimum atomic E-state index is -5.06. The maximum Gasteiger partial charge on any atom is 0.436 e. The molecule has 0 radical (unpaired) electrons. The maximum atomic E-state index is 13.5. The van der Waals surface area contributed by atoms with Gasteiger partial charge >= 0.3 is 6.18 Å². The number of nitriles is 5. The molecule has 0 aliphatic heterocycles. The van der Waals surface area contributed by atoms with Crippen LogP contribution in [0.15, 0.2) is 0 Å². The molecule has 148 valence electrons. The van der Waals surface area contributed by atoms with E-state index in [2.05, 4.69) is 29.9 Å². The van der Waals surface area contributed by atoms with E-state index in [9.17, 15) is 34.2 Å². The third kappa shape index (κ3) is 2.72. The Balaban J connectivity index is 2.40. The van der Waals surface area contributed by atoms with Crippen LogP contribution in [0.1, 0.15) is 34.2 Å². The van der Waals surface area contributed by atoms with Crippen LogP contribution in [-0.4, -0.2) is 29.9 Å². The Bertz CT molecular complexity index is 1670. The lowest BCUT2D eigenvalue weighted by Crippen LogP contribution is -2.13. The molecule has 0 N–H and O–H groups in total. The Labute approximate surface area is 173 Å². The van der Waals surface area contributed by atoms with Crippen LogP contribution >= 0.6 is 0 Å². The van der Waals surface area contributed by atoms with Crippen molar-refractivity contribution in [3.05, 3.63) is 34.2 Å². The van der Waals surface area contributed by atoms with Crippen molar-refractivity contribution in [1.29, 1.82) is 26.3 Å². The third-order valence-corrected chi connectivity index (χ3v) is 4.16. The van der Waals surface area contributed by atoms with Crippen LogP contribution in [0, 0.1) is 56.7 Å². The first-order valence-electron chi connectivity index (χ1n) is 8.12. The van der Waals surface area contributed by atoms with Gasteiger partial charge in [-0.1, -0.05) is 0 Å². The lowest BCUT2D eigenvalue weighted by atomic mass is 10.1. The fourth-order valence-electron chi connectivity index (χ4n) is 2.88. The zero-order valence-corrected chi connectivity index (χ0v) is 15.1. The lowest BCUT2D eigenvalue weighted by Gasteiger charge is -2.12. The molecule has 0 atom stereocenters. The topological polar surface area (TPSA) is 196 Å². The summed E-state index contributed by atoms with van der Waals surface area (Å²) < 4.78 is 40.4. The van der Waals surface area contributed by atoms with Gasteiger partial charge in [0.05, 0.1) is 0 Å². The monoisotopic (exact) mass is 427 g/mol. The van der Waals surface area contributed by atoms with Crippen LogP contribution in [0.4, 0.5) is 13.2 Å². The summed E-state index contributed by atoms with van der Waals surface area (Å²) in [6, 6.07) is 7.84. The van der Waals surface area contributed by atoms with Crippen molar-refractivity contribution in [1.82, 2.24) is 29.9 Å². The van der Waals surface area contributed by atoms with Crippen molar-refractivity contribution in [2.24, 2.45) is 0 Å². The molecule has 0 spiro atoms. The van der Waals surface area contributed by atoms with Gasteiger partial charge in [-0.25, -0.2) is 29.9 Å². The predicted molar refractivity (Wildman–Crippen MR) is 94.3 cm³/mol. The van der Waals surface area contributed by atoms with E-state index in [-0.39, 0.29) is 27.6 Å². The Hall–Kier alpha value is -5.52. The summed E-state index contributed by atoms with van der Waals surface area (Å²) >= 11 is 0. The van der Waals surface area contributed by atoms with E-state index in [1.165, 1.54) is 6.07 Å². The molecule has 0 amide bonds. The number of alkyl halides is 3. The van der Waals surface area contributed by atoms with E-state index >= 15 is 0 Å². The number of benzene rings is 1. The Morgan fingerprint density at radius 3 is 0.938 bits per heavy atom. The molecule has 1 aromatic carbocycles. The number of halogens is 3. The van der Waals surface area contributed by atoms with Crippen LogP contribution in [-0.2, 0) is 6.18 Å². The highest BCUT2D eigenvalue weighted by atomic mass is 19.4. The molecule has 0 saturated carbocycles. The van der Waals surface area contributed by atoms with Gasteiger partial charge in [0.2, 0.25) is 0 Å². The number of fused-ring (bicyclic) bond motifs is 6. The molecule has 11 nitrogen and oxygen atoms in total. The molecule has 4 rings (SSSR count). The number of rotatable bonds is 0. The molecule has 0 bridgehead atoms. The molecule has 3 heterocycles. The number of hydrogen-bond donors (Lipinski definition) is 0. The molecule has 0 aliphatic rings. The highest BCUT2D eigenvalue weighted by Gasteiger charge is 2.38. The van der Waals surface area contributed by atoms with Crippen molar-refractivity contribution < 1.29 is 13.2 Å². The van der Waals surface area contributed by atoms with Crippen LogP contribution in [0.5, 0.6) is 0 Å². The second-order valence-electron chi connectivity index (χ2n) is 5.91. The van der Waals surface area contributed by atoms with Gasteiger partial charge in [-0.3, -0.25) is 0 Å². The summed E-state index contributed by atoms with van der Waals surface area (Å²) in [4.78, 5) is 23.0. The minimum Gasteiger partial charge on any atom is -0.236 e. The molecule has 4 aromatic rings. The van der Waals surface area contributed by atoms with Gasteiger partial charge in [0, 0.05) is 0 Å². The SMILES string of the molecule is N#Cc1nc2c3nc(C#N)c(C#N)nc3c3nc(C(F)(F)F)c(C#N)nc3c2nc1C#N. The molecule has 3 aromatic heterocycles. The maximum absolute atomic E-state index is 13.5. The van der Waals surface area contributed by atoms with Gasteiger partial charge in [0.15, 0.2) is 34.2 Å². The second kappa shape index (κ2) is 6.77. The van der Waals surface area contributed by atoms with Crippen LogP contribution in [0.25, 0.3) is 33.1 Å². The lowest BCUT2D eigenvalue weighted by molar-refractivity contribution is -0.141. The van der Waals surface area contributed by atoms with Gasteiger partial charge in [0.25, 0.3) is 0 Å². The van der Waals surface area contributed by atoms with E-state index in [0.29, 0.717) is 0 Å². The highest BCUT2D eigenvalue weighted by Crippen LogP contribution is 2.35. The first-order valence-corrected chi connectivity index (χ1v) is 8.12. The standard InChI is InChI=1S/C18F3N11/c19-18(20,21)17-10(5-26)31-15-13-11(27-6(1-22)7(2-23)29-13)12-14(16(15)32-17)30-9(4-25)8(3-24)28-12. The van der Waals surface area contributed by atoms with E-state index < -0.39 is 45.9 Å². The van der Waals surface area contributed by atoms with E-state index in [4.69, 9.17) is 5.26 Å². The quantitative estimate of drug-likeness (QED) is 0.371. The Morgan fingerprint density at radius 2 is 0.688 bits per heavy atom. The molecule has 0 fully saturated rings. The number of hydrogen-bond acceptors (Lipinski definition) is 11. The average Bonchev–Trinajstić information content (AvgIpc) is 2.80. The zero-order chi connectivity index (χ0) is 23.2. The molecule has 32 heavy (non-hydrogen) atoms. The molecular formula is C18F3N11. The fraction of sp³-hybridized carbons (Fsp3) is 0.0556. The van der Waals surface area contributed by atoms with E-state index in [1.54, 1.807) is 24.3 Å². The highest BCUT2D eigenvalue weighted by molar-refractivity contribution is 6.18. The van der Waals surface area contributed by atoms with Gasteiger partial charge in [0.1, 0.15) is 63.4 Å². The fourth-order valence-corrected chi connectivity index (χ4v) is 2.88. The zero-order valence-electron chi connectivity index (χ0n) is 15.1. The van der Waals surface area contributed by atoms with Crippen LogP contribution < -0.4 is 0 Å². The van der Waals surface area contributed by atoms with Gasteiger partial charge in [-0.2, -0.15) is 39.5 Å². The smallest absolute Gasteiger partial charge is 0.236 e. The van der Waals surface area contributed by atoms with Gasteiger partial charge in [-0.15, -0.1) is 0 Å². The molecular weight excluding hydrogens is 427 g/mol. The van der Waals surface area contributed by atoms with E-state index in [0.717, 1.165) is 0 Å². The third-order valence-electron chi connectivity index (χ3n) is 4.16. The molecule has 0 saturated heterocycles. The summed E-state index contributed by atoms with van der Waals surface area (Å²) in [7, 11) is 0. The predicted octanol–water partition coefficient (Wildman–Crippen LogP) is 1.89. The largest absolute Gasteiger partial charge is 0.436 e. The average molecular weight is 427 g/mol. The molecule has 0 aliphatic carbocycles. The van der Waals surface area contributed by atoms with Gasteiger partial charge in [-0.05, 0) is 0 Å². The minimum absolute atomic E-state index is 0.227.